The summed E-state index contributed by atoms with van der Waals surface area (Å²) in [5.74, 6) is -3.70. The monoisotopic (exact) mass is 870 g/mol. The van der Waals surface area contributed by atoms with Crippen LogP contribution in [0.2, 0.25) is 5.02 Å². The Balaban J connectivity index is 1.16. The van der Waals surface area contributed by atoms with Crippen LogP contribution < -0.4 is 9.80 Å². The number of imide groups is 2. The number of aryl methyl sites for hydroxylation is 4. The maximum Gasteiger partial charge on any atom is 0.242 e. The molecule has 4 amide bonds. The van der Waals surface area contributed by atoms with Crippen LogP contribution in [0, 0.1) is 53.4 Å². The molecule has 3 aromatic carbocycles. The minimum absolute atomic E-state index is 0.173. The number of benzene rings is 3. The number of aromatic nitrogens is 2. The summed E-state index contributed by atoms with van der Waals surface area (Å²) < 4.78 is 3.64. The van der Waals surface area contributed by atoms with Crippen molar-refractivity contribution in [2.24, 2.45) is 36.1 Å². The highest BCUT2D eigenvalue weighted by atomic mass is 127. The number of carbonyl (C=O) groups is 4. The van der Waals surface area contributed by atoms with Crippen molar-refractivity contribution in [2.45, 2.75) is 46.5 Å². The number of hydrogen-bond donors (Lipinski definition) is 1. The molecule has 0 radical (unpaired) electrons. The van der Waals surface area contributed by atoms with E-state index in [4.69, 9.17) is 16.7 Å². The molecule has 0 bridgehead atoms. The van der Waals surface area contributed by atoms with E-state index in [9.17, 15) is 19.5 Å². The van der Waals surface area contributed by atoms with Gasteiger partial charge in [-0.25, -0.2) is 4.90 Å². The highest BCUT2D eigenvalue weighted by Gasteiger charge is 2.68. The summed E-state index contributed by atoms with van der Waals surface area (Å²) in [7, 11) is 1.74. The standard InChI is InChI=1S/C42H36ClIN4O5S/c1-19-14-22(15-20(2)36(19)49)35-26-11-12-27-34(40(52)47(38(27)50)25-9-7-24(44)8-10-25)29(26)17-30-39(51)48(41(53)42(30,35)4)33-18-31(45-46(33)5)37-21(3)28-16-23(43)6-13-32(28)54-37/h6-11,13-16,18,27,29-30,34-35,49H,12,17H2,1-5H3/t27-,29+,30-,34-,35-,42+/m0/s1. The Bertz CT molecular complexity index is 2520. The first kappa shape index (κ1) is 35.4. The van der Waals surface area contributed by atoms with Crippen molar-refractivity contribution in [2.75, 3.05) is 9.80 Å². The number of phenols is 1. The molecule has 2 aromatic heterocycles. The molecule has 1 saturated carbocycles. The first-order chi connectivity index (χ1) is 25.7. The van der Waals surface area contributed by atoms with E-state index >= 15 is 4.79 Å². The van der Waals surface area contributed by atoms with Gasteiger partial charge in [-0.1, -0.05) is 35.4 Å². The van der Waals surface area contributed by atoms with Crippen molar-refractivity contribution in [1.29, 1.82) is 0 Å². The van der Waals surface area contributed by atoms with Gasteiger partial charge in [-0.2, -0.15) is 5.10 Å². The quantitative estimate of drug-likeness (QED) is 0.110. The molecule has 9 nitrogen and oxygen atoms in total. The maximum absolute atomic E-state index is 15.2. The highest BCUT2D eigenvalue weighted by Crippen LogP contribution is 2.64. The van der Waals surface area contributed by atoms with Gasteiger partial charge in [0.05, 0.1) is 33.7 Å². The molecule has 9 rings (SSSR count). The molecule has 3 fully saturated rings. The van der Waals surface area contributed by atoms with Gasteiger partial charge in [-0.3, -0.25) is 28.8 Å². The average molecular weight is 871 g/mol. The van der Waals surface area contributed by atoms with Crippen molar-refractivity contribution in [3.05, 3.63) is 103 Å². The maximum atomic E-state index is 15.2. The molecule has 274 valence electrons. The second-order valence-electron chi connectivity index (χ2n) is 15.4. The topological polar surface area (TPSA) is 113 Å². The number of carbonyl (C=O) groups excluding carboxylic acids is 4. The molecule has 54 heavy (non-hydrogen) atoms. The Morgan fingerprint density at radius 2 is 1.61 bits per heavy atom. The molecule has 0 unspecified atom stereocenters. The van der Waals surface area contributed by atoms with Gasteiger partial charge >= 0.3 is 0 Å². The SMILES string of the molecule is Cc1cc([C@H]2C3=CC[C@@H]4C(=O)N(c5ccc(I)cc5)C(=O)[C@@H]4[C@@H]3C[C@H]3C(=O)N(c4cc(-c5sc6ccc(Cl)cc6c5C)nn4C)C(=O)[C@@]23C)cc(C)c1O. The van der Waals surface area contributed by atoms with Crippen LogP contribution in [0.3, 0.4) is 0 Å². The van der Waals surface area contributed by atoms with Crippen LogP contribution in [0.25, 0.3) is 20.7 Å². The molecular formula is C42H36ClIN4O5S. The number of halogens is 2. The number of allylic oxidation sites excluding steroid dienone is 2. The van der Waals surface area contributed by atoms with Crippen LogP contribution in [0.15, 0.2) is 72.3 Å². The number of anilines is 2. The minimum Gasteiger partial charge on any atom is -0.507 e. The van der Waals surface area contributed by atoms with Gasteiger partial charge in [0, 0.05) is 32.3 Å². The second kappa shape index (κ2) is 12.3. The van der Waals surface area contributed by atoms with Crippen LogP contribution in [0.5, 0.6) is 5.75 Å². The van der Waals surface area contributed by atoms with Crippen molar-refractivity contribution in [1.82, 2.24) is 9.78 Å². The van der Waals surface area contributed by atoms with Gasteiger partial charge in [0.25, 0.3) is 0 Å². The van der Waals surface area contributed by atoms with Crippen molar-refractivity contribution in [3.63, 3.8) is 0 Å². The molecule has 12 heteroatoms. The lowest BCUT2D eigenvalue weighted by atomic mass is 9.51. The predicted molar refractivity (Wildman–Crippen MR) is 218 cm³/mol. The van der Waals surface area contributed by atoms with E-state index in [1.807, 2.05) is 70.2 Å². The molecule has 4 aliphatic rings. The van der Waals surface area contributed by atoms with Crippen LogP contribution in [0.4, 0.5) is 11.5 Å². The summed E-state index contributed by atoms with van der Waals surface area (Å²) in [5, 5.41) is 17.3. The van der Waals surface area contributed by atoms with E-state index in [2.05, 4.69) is 28.7 Å². The summed E-state index contributed by atoms with van der Waals surface area (Å²) in [5.41, 5.74) is 3.98. The third-order valence-electron chi connectivity index (χ3n) is 12.4. The normalized spacial score (nSPS) is 26.4. The number of fused-ring (bicyclic) bond motifs is 5. The molecular weight excluding hydrogens is 835 g/mol. The molecule has 0 spiro atoms. The Kier molecular flexibility index (Phi) is 8.08. The zero-order valence-electron chi connectivity index (χ0n) is 30.2. The molecule has 4 heterocycles. The summed E-state index contributed by atoms with van der Waals surface area (Å²) in [6.45, 7) is 7.54. The molecule has 2 saturated heterocycles. The summed E-state index contributed by atoms with van der Waals surface area (Å²) >= 11 is 10.1. The lowest BCUT2D eigenvalue weighted by Crippen LogP contribution is -2.49. The summed E-state index contributed by atoms with van der Waals surface area (Å²) in [4.78, 5) is 62.1. The third kappa shape index (κ3) is 4.89. The summed E-state index contributed by atoms with van der Waals surface area (Å²) in [6.07, 6.45) is 2.65. The number of hydrogen-bond acceptors (Lipinski definition) is 7. The zero-order chi connectivity index (χ0) is 38.1. The van der Waals surface area contributed by atoms with Gasteiger partial charge in [-0.15, -0.1) is 11.3 Å². The Labute approximate surface area is 334 Å². The average Bonchev–Trinajstić information content (AvgIpc) is 3.81. The summed E-state index contributed by atoms with van der Waals surface area (Å²) in [6, 6.07) is 18.7. The number of rotatable bonds is 4. The van der Waals surface area contributed by atoms with E-state index in [0.29, 0.717) is 39.8 Å². The van der Waals surface area contributed by atoms with Crippen molar-refractivity contribution >= 4 is 90.7 Å². The van der Waals surface area contributed by atoms with E-state index in [0.717, 1.165) is 35.2 Å². The lowest BCUT2D eigenvalue weighted by molar-refractivity contribution is -0.131. The second-order valence-corrected chi connectivity index (χ2v) is 18.1. The molecule has 1 N–H and O–H groups in total. The number of nitrogens with zero attached hydrogens (tertiary/aromatic N) is 4. The minimum atomic E-state index is -1.22. The fourth-order valence-electron chi connectivity index (χ4n) is 9.83. The zero-order valence-corrected chi connectivity index (χ0v) is 33.9. The fraction of sp³-hybridized carbons (Fsp3) is 0.310. The van der Waals surface area contributed by atoms with E-state index in [1.165, 1.54) is 9.80 Å². The van der Waals surface area contributed by atoms with E-state index < -0.39 is 35.0 Å². The fourth-order valence-corrected chi connectivity index (χ4v) is 11.5. The van der Waals surface area contributed by atoms with Crippen molar-refractivity contribution < 1.29 is 24.3 Å². The van der Waals surface area contributed by atoms with E-state index in [-0.39, 0.29) is 35.8 Å². The van der Waals surface area contributed by atoms with Gasteiger partial charge in [0.1, 0.15) is 17.3 Å². The molecule has 5 aromatic rings. The largest absolute Gasteiger partial charge is 0.507 e. The van der Waals surface area contributed by atoms with E-state index in [1.54, 1.807) is 41.3 Å². The van der Waals surface area contributed by atoms with Crippen LogP contribution in [0.1, 0.15) is 47.9 Å². The highest BCUT2D eigenvalue weighted by molar-refractivity contribution is 14.1. The Morgan fingerprint density at radius 1 is 0.907 bits per heavy atom. The van der Waals surface area contributed by atoms with Gasteiger partial charge < -0.3 is 5.11 Å². The first-order valence-electron chi connectivity index (χ1n) is 18.0. The number of phenolic OH excluding ortho intramolecular Hbond substituents is 1. The predicted octanol–water partition coefficient (Wildman–Crippen LogP) is 8.63. The van der Waals surface area contributed by atoms with Crippen molar-refractivity contribution in [3.8, 4) is 16.3 Å². The Morgan fingerprint density at radius 3 is 2.31 bits per heavy atom. The smallest absolute Gasteiger partial charge is 0.242 e. The number of thiophene rings is 1. The molecule has 6 atom stereocenters. The van der Waals surface area contributed by atoms with Crippen LogP contribution in [-0.4, -0.2) is 38.5 Å². The van der Waals surface area contributed by atoms with Gasteiger partial charge in [0.15, 0.2) is 0 Å². The van der Waals surface area contributed by atoms with Gasteiger partial charge in [0.2, 0.25) is 23.6 Å². The van der Waals surface area contributed by atoms with Crippen LogP contribution >= 0.6 is 45.5 Å². The van der Waals surface area contributed by atoms with Gasteiger partial charge in [-0.05, 0) is 139 Å². The first-order valence-corrected chi connectivity index (χ1v) is 20.2. The number of amides is 4. The lowest BCUT2D eigenvalue weighted by Gasteiger charge is -2.49. The number of aromatic hydroxyl groups is 1. The Hall–Kier alpha value is -4.33. The molecule has 2 aliphatic carbocycles. The molecule has 2 aliphatic heterocycles. The third-order valence-corrected chi connectivity index (χ3v) is 14.7. The van der Waals surface area contributed by atoms with Crippen LogP contribution in [-0.2, 0) is 26.2 Å².